The second-order valence-electron chi connectivity index (χ2n) is 8.02. The molecule has 9 heteroatoms. The van der Waals surface area contributed by atoms with Gasteiger partial charge in [-0.05, 0) is 37.3 Å². The van der Waals surface area contributed by atoms with Crippen LogP contribution in [-0.4, -0.2) is 80.7 Å². The fourth-order valence-electron chi connectivity index (χ4n) is 3.49. The van der Waals surface area contributed by atoms with Gasteiger partial charge >= 0.3 is 0 Å². The van der Waals surface area contributed by atoms with Crippen molar-refractivity contribution in [3.05, 3.63) is 59.7 Å². The number of carbonyl (C=O) groups is 2. The molecule has 2 aromatic rings. The Morgan fingerprint density at radius 3 is 2.39 bits per heavy atom. The molecule has 0 atom stereocenters. The number of hydrogen-bond acceptors (Lipinski definition) is 5. The predicted octanol–water partition coefficient (Wildman–Crippen LogP) is 1.38. The van der Waals surface area contributed by atoms with E-state index in [1.807, 2.05) is 11.8 Å². The minimum atomic E-state index is -3.55. The summed E-state index contributed by atoms with van der Waals surface area (Å²) in [6.07, 6.45) is 5.37. The second-order valence-corrected chi connectivity index (χ2v) is 9.95. The van der Waals surface area contributed by atoms with E-state index in [0.29, 0.717) is 37.4 Å². The molecular weight excluding hydrogens is 440 g/mol. The summed E-state index contributed by atoms with van der Waals surface area (Å²) in [7, 11) is -1.98. The summed E-state index contributed by atoms with van der Waals surface area (Å²) in [5.41, 5.74) is 2.22. The highest BCUT2D eigenvalue weighted by Crippen LogP contribution is 2.18. The van der Waals surface area contributed by atoms with Gasteiger partial charge in [-0.25, -0.2) is 8.42 Å². The normalized spacial score (nSPS) is 14.9. The number of hydrogen-bond donors (Lipinski definition) is 1. The number of nitrogens with zero attached hydrogens (tertiary/aromatic N) is 3. The van der Waals surface area contributed by atoms with E-state index in [9.17, 15) is 18.0 Å². The van der Waals surface area contributed by atoms with Crippen LogP contribution >= 0.6 is 0 Å². The Labute approximate surface area is 195 Å². The van der Waals surface area contributed by atoms with Gasteiger partial charge in [0.05, 0.1) is 18.0 Å². The second kappa shape index (κ2) is 10.6. The smallest absolute Gasteiger partial charge is 0.243 e. The third kappa shape index (κ3) is 6.42. The van der Waals surface area contributed by atoms with Gasteiger partial charge in [0.1, 0.15) is 0 Å². The monoisotopic (exact) mass is 468 g/mol. The Balaban J connectivity index is 1.47. The molecule has 1 aliphatic heterocycles. The number of rotatable bonds is 7. The molecule has 3 rings (SSSR count). The molecule has 33 heavy (non-hydrogen) atoms. The molecule has 1 heterocycles. The van der Waals surface area contributed by atoms with Crippen molar-refractivity contribution in [2.45, 2.75) is 11.8 Å². The first-order valence-electron chi connectivity index (χ1n) is 10.6. The molecule has 1 N–H and O–H groups in total. The molecule has 1 aliphatic rings. The van der Waals surface area contributed by atoms with Gasteiger partial charge in [-0.15, -0.1) is 6.42 Å². The summed E-state index contributed by atoms with van der Waals surface area (Å²) in [6.45, 7) is 3.42. The summed E-state index contributed by atoms with van der Waals surface area (Å²) in [6, 6.07) is 13.7. The Morgan fingerprint density at radius 1 is 1.09 bits per heavy atom. The fraction of sp³-hybridized carbons (Fsp3) is 0.333. The molecule has 8 nitrogen and oxygen atoms in total. The molecule has 0 saturated carbocycles. The maximum Gasteiger partial charge on any atom is 0.243 e. The van der Waals surface area contributed by atoms with Crippen molar-refractivity contribution in [3.8, 4) is 12.3 Å². The summed E-state index contributed by atoms with van der Waals surface area (Å²) < 4.78 is 27.1. The first-order chi connectivity index (χ1) is 15.7. The summed E-state index contributed by atoms with van der Waals surface area (Å²) in [4.78, 5) is 28.4. The summed E-state index contributed by atoms with van der Waals surface area (Å²) in [5, 5.41) is 2.73. The average molecular weight is 469 g/mol. The van der Waals surface area contributed by atoms with E-state index < -0.39 is 10.0 Å². The number of sulfonamides is 1. The van der Waals surface area contributed by atoms with Gasteiger partial charge in [0.15, 0.2) is 0 Å². The minimum Gasteiger partial charge on any atom is -0.335 e. The average Bonchev–Trinajstić information content (AvgIpc) is 2.79. The lowest BCUT2D eigenvalue weighted by Crippen LogP contribution is -2.51. The molecule has 0 spiro atoms. The van der Waals surface area contributed by atoms with Crippen LogP contribution in [0.3, 0.4) is 0 Å². The lowest BCUT2D eigenvalue weighted by Gasteiger charge is -2.34. The molecule has 174 valence electrons. The van der Waals surface area contributed by atoms with Crippen molar-refractivity contribution < 1.29 is 18.0 Å². The number of benzene rings is 2. The number of piperazine rings is 1. The van der Waals surface area contributed by atoms with Crippen LogP contribution in [0.5, 0.6) is 0 Å². The van der Waals surface area contributed by atoms with Crippen LogP contribution < -0.4 is 5.32 Å². The molecular formula is C24H28N4O4S. The number of anilines is 1. The molecule has 0 bridgehead atoms. The Kier molecular flexibility index (Phi) is 7.87. The highest BCUT2D eigenvalue weighted by molar-refractivity contribution is 7.89. The number of aryl methyl sites for hydroxylation is 1. The highest BCUT2D eigenvalue weighted by Gasteiger charge is 2.29. The highest BCUT2D eigenvalue weighted by atomic mass is 32.2. The SMILES string of the molecule is C#Cc1cccc(NC(=O)CN(C)C(=O)CN2CCN(S(=O)(=O)c3ccc(C)cc3)CC2)c1. The number of nitrogens with one attached hydrogen (secondary N) is 1. The molecule has 0 aliphatic carbocycles. The summed E-state index contributed by atoms with van der Waals surface area (Å²) >= 11 is 0. The zero-order chi connectivity index (χ0) is 24.0. The molecule has 1 fully saturated rings. The van der Waals surface area contributed by atoms with E-state index >= 15 is 0 Å². The van der Waals surface area contributed by atoms with E-state index in [1.165, 1.54) is 9.21 Å². The third-order valence-electron chi connectivity index (χ3n) is 5.47. The third-order valence-corrected chi connectivity index (χ3v) is 7.38. The summed E-state index contributed by atoms with van der Waals surface area (Å²) in [5.74, 6) is 1.97. The molecule has 0 unspecified atom stereocenters. The molecule has 2 amide bonds. The van der Waals surface area contributed by atoms with Gasteiger partial charge < -0.3 is 10.2 Å². The maximum absolute atomic E-state index is 12.8. The van der Waals surface area contributed by atoms with Gasteiger partial charge in [0.25, 0.3) is 0 Å². The number of terminal acetylenes is 1. The number of amides is 2. The first kappa shape index (κ1) is 24.5. The van der Waals surface area contributed by atoms with Crippen LogP contribution in [0.2, 0.25) is 0 Å². The molecule has 0 radical (unpaired) electrons. The molecule has 2 aromatic carbocycles. The topological polar surface area (TPSA) is 90.0 Å². The van der Waals surface area contributed by atoms with Gasteiger partial charge in [-0.3, -0.25) is 14.5 Å². The van der Waals surface area contributed by atoms with Crippen LogP contribution in [0.25, 0.3) is 0 Å². The van der Waals surface area contributed by atoms with E-state index in [2.05, 4.69) is 11.2 Å². The minimum absolute atomic E-state index is 0.0963. The van der Waals surface area contributed by atoms with E-state index in [-0.39, 0.29) is 29.8 Å². The van der Waals surface area contributed by atoms with Crippen LogP contribution in [0.1, 0.15) is 11.1 Å². The van der Waals surface area contributed by atoms with Crippen molar-refractivity contribution in [2.75, 3.05) is 51.6 Å². The van der Waals surface area contributed by atoms with Crippen LogP contribution in [0.15, 0.2) is 53.4 Å². The van der Waals surface area contributed by atoms with Crippen molar-refractivity contribution in [1.29, 1.82) is 0 Å². The zero-order valence-corrected chi connectivity index (χ0v) is 19.6. The fourth-order valence-corrected chi connectivity index (χ4v) is 4.91. The lowest BCUT2D eigenvalue weighted by atomic mass is 10.2. The quantitative estimate of drug-likeness (QED) is 0.620. The zero-order valence-electron chi connectivity index (χ0n) is 18.8. The van der Waals surface area contributed by atoms with Crippen molar-refractivity contribution in [2.24, 2.45) is 0 Å². The lowest BCUT2D eigenvalue weighted by molar-refractivity contribution is -0.134. The van der Waals surface area contributed by atoms with Crippen molar-refractivity contribution in [3.63, 3.8) is 0 Å². The molecule has 0 aromatic heterocycles. The van der Waals surface area contributed by atoms with Gasteiger partial charge in [0.2, 0.25) is 21.8 Å². The largest absolute Gasteiger partial charge is 0.335 e. The Hall–Kier alpha value is -3.19. The van der Waals surface area contributed by atoms with Crippen molar-refractivity contribution in [1.82, 2.24) is 14.1 Å². The molecule has 1 saturated heterocycles. The van der Waals surface area contributed by atoms with Crippen LogP contribution in [0.4, 0.5) is 5.69 Å². The van der Waals surface area contributed by atoms with Gasteiger partial charge in [0, 0.05) is 44.5 Å². The maximum atomic E-state index is 12.8. The van der Waals surface area contributed by atoms with Crippen LogP contribution in [0, 0.1) is 19.3 Å². The first-order valence-corrected chi connectivity index (χ1v) is 12.0. The number of likely N-dealkylation sites (N-methyl/N-ethyl adjacent to an activating group) is 1. The van der Waals surface area contributed by atoms with Gasteiger partial charge in [-0.2, -0.15) is 4.31 Å². The van der Waals surface area contributed by atoms with E-state index in [1.54, 1.807) is 55.6 Å². The predicted molar refractivity (Wildman–Crippen MR) is 127 cm³/mol. The van der Waals surface area contributed by atoms with Crippen LogP contribution in [-0.2, 0) is 19.6 Å². The van der Waals surface area contributed by atoms with Gasteiger partial charge in [-0.1, -0.05) is 29.7 Å². The standard InChI is InChI=1S/C24H28N4O4S/c1-4-20-6-5-7-21(16-20)25-23(29)17-26(3)24(30)18-27-12-14-28(15-13-27)33(31,32)22-10-8-19(2)9-11-22/h1,5-11,16H,12-15,17-18H2,2-3H3,(H,25,29). The van der Waals surface area contributed by atoms with Crippen molar-refractivity contribution >= 4 is 27.5 Å². The number of carbonyl (C=O) groups excluding carboxylic acids is 2. The van der Waals surface area contributed by atoms with E-state index in [4.69, 9.17) is 6.42 Å². The Morgan fingerprint density at radius 2 is 1.76 bits per heavy atom. The Bertz CT molecular complexity index is 1150. The van der Waals surface area contributed by atoms with E-state index in [0.717, 1.165) is 5.56 Å².